The standard InChI is InChI=1S/C28H36FN7O3/c1-18(2)30-10-11-31-26(37)16-35(25-13-21(7-6-19(25)3)28-32-20(4)39-33-28)17-27(38)34(5)36-14-22-8-9-24(29)12-23(22)15-36/h6-9,12-13,18,30H,10-11,14-17H2,1-5H3,(H,31,37). The average Bonchev–Trinajstić information content (AvgIpc) is 3.51. The van der Waals surface area contributed by atoms with Crippen molar-refractivity contribution in [2.45, 2.75) is 46.8 Å². The number of aryl methyl sites for hydroxylation is 2. The van der Waals surface area contributed by atoms with Crippen molar-refractivity contribution in [3.63, 3.8) is 0 Å². The number of hydrogen-bond donors (Lipinski definition) is 2. The number of hydrazine groups is 1. The van der Waals surface area contributed by atoms with Gasteiger partial charge in [-0.05, 0) is 41.8 Å². The molecule has 2 N–H and O–H groups in total. The summed E-state index contributed by atoms with van der Waals surface area (Å²) in [5.41, 5.74) is 4.18. The number of rotatable bonds is 11. The molecule has 0 saturated heterocycles. The Morgan fingerprint density at radius 3 is 2.56 bits per heavy atom. The van der Waals surface area contributed by atoms with Gasteiger partial charge >= 0.3 is 0 Å². The first-order chi connectivity index (χ1) is 18.6. The number of anilines is 1. The van der Waals surface area contributed by atoms with E-state index in [1.54, 1.807) is 29.9 Å². The summed E-state index contributed by atoms with van der Waals surface area (Å²) in [6.45, 7) is 9.75. The zero-order valence-electron chi connectivity index (χ0n) is 23.1. The topological polar surface area (TPSA) is 107 Å². The molecular weight excluding hydrogens is 501 g/mol. The summed E-state index contributed by atoms with van der Waals surface area (Å²) < 4.78 is 18.9. The number of likely N-dealkylation sites (N-methyl/N-ethyl adjacent to an activating group) is 1. The second-order valence-electron chi connectivity index (χ2n) is 10.1. The number of nitrogens with one attached hydrogen (secondary N) is 2. The van der Waals surface area contributed by atoms with Gasteiger partial charge in [0.25, 0.3) is 5.91 Å². The SMILES string of the molecule is Cc1nc(-c2ccc(C)c(N(CC(=O)NCCNC(C)C)CC(=O)N(C)N3Cc4ccc(F)cc4C3)c2)no1. The van der Waals surface area contributed by atoms with Crippen molar-refractivity contribution in [3.8, 4) is 11.4 Å². The molecule has 0 atom stereocenters. The van der Waals surface area contributed by atoms with E-state index in [4.69, 9.17) is 4.52 Å². The van der Waals surface area contributed by atoms with Crippen LogP contribution in [0.5, 0.6) is 0 Å². The van der Waals surface area contributed by atoms with Crippen LogP contribution in [-0.4, -0.2) is 71.2 Å². The van der Waals surface area contributed by atoms with Crippen LogP contribution in [0.4, 0.5) is 10.1 Å². The highest BCUT2D eigenvalue weighted by Gasteiger charge is 2.27. The number of carbonyl (C=O) groups excluding carboxylic acids is 2. The first-order valence-corrected chi connectivity index (χ1v) is 13.1. The Morgan fingerprint density at radius 2 is 1.85 bits per heavy atom. The Balaban J connectivity index is 1.52. The van der Waals surface area contributed by atoms with Gasteiger partial charge in [0.05, 0.1) is 13.1 Å². The minimum atomic E-state index is -0.294. The third-order valence-corrected chi connectivity index (χ3v) is 6.66. The second-order valence-corrected chi connectivity index (χ2v) is 10.1. The quantitative estimate of drug-likeness (QED) is 0.360. The van der Waals surface area contributed by atoms with Gasteiger partial charge in [0.15, 0.2) is 0 Å². The molecule has 0 bridgehead atoms. The van der Waals surface area contributed by atoms with Gasteiger partial charge in [-0.2, -0.15) is 4.98 Å². The lowest BCUT2D eigenvalue weighted by Gasteiger charge is -2.32. The lowest BCUT2D eigenvalue weighted by molar-refractivity contribution is -0.145. The number of carbonyl (C=O) groups is 2. The molecule has 208 valence electrons. The van der Waals surface area contributed by atoms with E-state index < -0.39 is 0 Å². The second kappa shape index (κ2) is 12.4. The zero-order chi connectivity index (χ0) is 28.1. The summed E-state index contributed by atoms with van der Waals surface area (Å²) >= 11 is 0. The zero-order valence-corrected chi connectivity index (χ0v) is 23.1. The molecule has 0 aliphatic carbocycles. The monoisotopic (exact) mass is 537 g/mol. The fraction of sp³-hybridized carbons (Fsp3) is 0.429. The summed E-state index contributed by atoms with van der Waals surface area (Å²) in [4.78, 5) is 32.5. The maximum atomic E-state index is 13.7. The molecule has 3 aromatic rings. The Bertz CT molecular complexity index is 1330. The smallest absolute Gasteiger partial charge is 0.256 e. The van der Waals surface area contributed by atoms with E-state index in [2.05, 4.69) is 20.8 Å². The summed E-state index contributed by atoms with van der Waals surface area (Å²) in [6.07, 6.45) is 0. The molecule has 1 aromatic heterocycles. The predicted octanol–water partition coefficient (Wildman–Crippen LogP) is 2.80. The average molecular weight is 538 g/mol. The number of amides is 2. The van der Waals surface area contributed by atoms with E-state index in [-0.39, 0.29) is 30.7 Å². The van der Waals surface area contributed by atoms with E-state index >= 15 is 0 Å². The van der Waals surface area contributed by atoms with Crippen molar-refractivity contribution < 1.29 is 18.5 Å². The lowest BCUT2D eigenvalue weighted by atomic mass is 10.1. The molecule has 2 aromatic carbocycles. The van der Waals surface area contributed by atoms with Gasteiger partial charge < -0.3 is 20.1 Å². The van der Waals surface area contributed by atoms with E-state index in [1.807, 2.05) is 44.0 Å². The molecule has 39 heavy (non-hydrogen) atoms. The number of fused-ring (bicyclic) bond motifs is 1. The van der Waals surface area contributed by atoms with Gasteiger partial charge in [0, 0.05) is 57.4 Å². The fourth-order valence-corrected chi connectivity index (χ4v) is 4.50. The summed E-state index contributed by atoms with van der Waals surface area (Å²) in [7, 11) is 1.70. The van der Waals surface area contributed by atoms with Crippen LogP contribution in [0.3, 0.4) is 0 Å². The molecule has 2 amide bonds. The summed E-state index contributed by atoms with van der Waals surface area (Å²) in [6, 6.07) is 10.7. The van der Waals surface area contributed by atoms with E-state index in [9.17, 15) is 14.0 Å². The molecule has 1 aliphatic rings. The minimum Gasteiger partial charge on any atom is -0.353 e. The van der Waals surface area contributed by atoms with Gasteiger partial charge in [-0.25, -0.2) is 9.40 Å². The number of nitrogens with zero attached hydrogens (tertiary/aromatic N) is 5. The van der Waals surface area contributed by atoms with Crippen LogP contribution in [0.25, 0.3) is 11.4 Å². The molecule has 1 aliphatic heterocycles. The maximum absolute atomic E-state index is 13.7. The Morgan fingerprint density at radius 1 is 1.08 bits per heavy atom. The fourth-order valence-electron chi connectivity index (χ4n) is 4.50. The van der Waals surface area contributed by atoms with Crippen LogP contribution in [-0.2, 0) is 22.7 Å². The van der Waals surface area contributed by atoms with Crippen LogP contribution in [0.15, 0.2) is 40.9 Å². The summed E-state index contributed by atoms with van der Waals surface area (Å²) in [5, 5.41) is 13.6. The van der Waals surface area contributed by atoms with Crippen molar-refractivity contribution in [1.82, 2.24) is 30.8 Å². The van der Waals surface area contributed by atoms with Gasteiger partial charge in [-0.1, -0.05) is 37.2 Å². The number of benzene rings is 2. The molecule has 11 heteroatoms. The molecular formula is C28H36FN7O3. The van der Waals surface area contributed by atoms with Crippen molar-refractivity contribution >= 4 is 17.5 Å². The van der Waals surface area contributed by atoms with Crippen LogP contribution in [0.2, 0.25) is 0 Å². The van der Waals surface area contributed by atoms with Crippen LogP contribution in [0, 0.1) is 19.7 Å². The van der Waals surface area contributed by atoms with Crippen molar-refractivity contribution in [3.05, 3.63) is 64.8 Å². The largest absolute Gasteiger partial charge is 0.353 e. The first kappa shape index (κ1) is 28.2. The van der Waals surface area contributed by atoms with E-state index in [1.165, 1.54) is 12.1 Å². The minimum absolute atomic E-state index is 0.0116. The predicted molar refractivity (Wildman–Crippen MR) is 146 cm³/mol. The Hall–Kier alpha value is -3.83. The Kier molecular flexibility index (Phi) is 8.93. The van der Waals surface area contributed by atoms with Gasteiger partial charge in [-0.15, -0.1) is 0 Å². The van der Waals surface area contributed by atoms with Gasteiger partial charge in [-0.3, -0.25) is 14.6 Å². The highest BCUT2D eigenvalue weighted by Crippen LogP contribution is 2.28. The maximum Gasteiger partial charge on any atom is 0.256 e. The molecule has 4 rings (SSSR count). The number of hydrogen-bond acceptors (Lipinski definition) is 8. The third kappa shape index (κ3) is 7.18. The van der Waals surface area contributed by atoms with Crippen LogP contribution >= 0.6 is 0 Å². The normalized spacial score (nSPS) is 13.0. The van der Waals surface area contributed by atoms with Gasteiger partial charge in [0.2, 0.25) is 17.6 Å². The van der Waals surface area contributed by atoms with Crippen LogP contribution < -0.4 is 15.5 Å². The third-order valence-electron chi connectivity index (χ3n) is 6.66. The molecule has 0 saturated carbocycles. The lowest BCUT2D eigenvalue weighted by Crippen LogP contribution is -2.48. The highest BCUT2D eigenvalue weighted by molar-refractivity contribution is 5.87. The van der Waals surface area contributed by atoms with Gasteiger partial charge in [0.1, 0.15) is 5.82 Å². The molecule has 0 unspecified atom stereocenters. The molecule has 0 fully saturated rings. The van der Waals surface area contributed by atoms with Crippen molar-refractivity contribution in [2.75, 3.05) is 38.1 Å². The van der Waals surface area contributed by atoms with E-state index in [0.29, 0.717) is 43.9 Å². The molecule has 0 radical (unpaired) electrons. The van der Waals surface area contributed by atoms with E-state index in [0.717, 1.165) is 27.9 Å². The number of aromatic nitrogens is 2. The molecule has 2 heterocycles. The summed E-state index contributed by atoms with van der Waals surface area (Å²) in [5.74, 6) is 0.195. The molecule has 0 spiro atoms. The first-order valence-electron chi connectivity index (χ1n) is 13.1. The van der Waals surface area contributed by atoms with Crippen molar-refractivity contribution in [2.24, 2.45) is 0 Å². The molecule has 10 nitrogen and oxygen atoms in total. The Labute approximate surface area is 228 Å². The highest BCUT2D eigenvalue weighted by atomic mass is 19.1. The number of halogens is 1. The van der Waals surface area contributed by atoms with Crippen LogP contribution in [0.1, 0.15) is 36.4 Å². The van der Waals surface area contributed by atoms with Crippen molar-refractivity contribution in [1.29, 1.82) is 0 Å².